The number of esters is 1. The van der Waals surface area contributed by atoms with Gasteiger partial charge in [0.2, 0.25) is 0 Å². The summed E-state index contributed by atoms with van der Waals surface area (Å²) >= 11 is 0. The summed E-state index contributed by atoms with van der Waals surface area (Å²) in [5, 5.41) is 0. The highest BCUT2D eigenvalue weighted by molar-refractivity contribution is 5.75. The molecule has 0 saturated heterocycles. The molecule has 1 unspecified atom stereocenters. The number of ether oxygens (including phenoxy) is 2. The van der Waals surface area contributed by atoms with Crippen molar-refractivity contribution in [3.05, 3.63) is 30.3 Å². The number of rotatable bonds is 6. The van der Waals surface area contributed by atoms with Gasteiger partial charge in [0, 0.05) is 6.42 Å². The Morgan fingerprint density at radius 3 is 2.69 bits per heavy atom. The van der Waals surface area contributed by atoms with Gasteiger partial charge in [-0.3, -0.25) is 4.79 Å². The van der Waals surface area contributed by atoms with Crippen LogP contribution in [0, 0.1) is 0 Å². The summed E-state index contributed by atoms with van der Waals surface area (Å²) in [6, 6.07) is 8.80. The van der Waals surface area contributed by atoms with Crippen LogP contribution in [-0.4, -0.2) is 25.2 Å². The first kappa shape index (κ1) is 12.5. The predicted molar refractivity (Wildman–Crippen MR) is 61.2 cm³/mol. The Hall–Kier alpha value is -1.55. The SMILES string of the molecule is CCOC(=O)C(N)CCOc1ccccc1. The molecule has 0 aliphatic carbocycles. The first-order valence-corrected chi connectivity index (χ1v) is 5.34. The third-order valence-electron chi connectivity index (χ3n) is 2.03. The minimum atomic E-state index is -0.608. The molecule has 0 radical (unpaired) electrons. The fourth-order valence-electron chi connectivity index (χ4n) is 1.19. The molecule has 0 bridgehead atoms. The van der Waals surface area contributed by atoms with Crippen LogP contribution in [0.4, 0.5) is 0 Å². The van der Waals surface area contributed by atoms with Crippen molar-refractivity contribution in [2.75, 3.05) is 13.2 Å². The summed E-state index contributed by atoms with van der Waals surface area (Å²) in [4.78, 5) is 11.2. The van der Waals surface area contributed by atoms with Crippen LogP contribution in [0.1, 0.15) is 13.3 Å². The van der Waals surface area contributed by atoms with Crippen LogP contribution >= 0.6 is 0 Å². The molecular weight excluding hydrogens is 206 g/mol. The lowest BCUT2D eigenvalue weighted by molar-refractivity contribution is -0.145. The monoisotopic (exact) mass is 223 g/mol. The largest absolute Gasteiger partial charge is 0.494 e. The normalized spacial score (nSPS) is 11.9. The lowest BCUT2D eigenvalue weighted by Crippen LogP contribution is -2.33. The molecule has 2 N–H and O–H groups in total. The Bertz CT molecular complexity index is 313. The van der Waals surface area contributed by atoms with Gasteiger partial charge in [0.25, 0.3) is 0 Å². The van der Waals surface area contributed by atoms with Gasteiger partial charge >= 0.3 is 5.97 Å². The van der Waals surface area contributed by atoms with Crippen LogP contribution in [0.25, 0.3) is 0 Å². The first-order valence-electron chi connectivity index (χ1n) is 5.34. The molecule has 0 fully saturated rings. The molecule has 4 heteroatoms. The fourth-order valence-corrected chi connectivity index (χ4v) is 1.19. The number of para-hydroxylation sites is 1. The van der Waals surface area contributed by atoms with Crippen LogP contribution in [0.5, 0.6) is 5.75 Å². The zero-order valence-electron chi connectivity index (χ0n) is 9.39. The van der Waals surface area contributed by atoms with E-state index in [4.69, 9.17) is 15.2 Å². The molecule has 1 aromatic rings. The van der Waals surface area contributed by atoms with E-state index >= 15 is 0 Å². The average Bonchev–Trinajstić information content (AvgIpc) is 2.30. The van der Waals surface area contributed by atoms with Crippen molar-refractivity contribution < 1.29 is 14.3 Å². The maximum atomic E-state index is 11.2. The van der Waals surface area contributed by atoms with Crippen LogP contribution in [0.3, 0.4) is 0 Å². The molecule has 0 amide bonds. The van der Waals surface area contributed by atoms with Gasteiger partial charge in [0.05, 0.1) is 13.2 Å². The van der Waals surface area contributed by atoms with Crippen molar-refractivity contribution in [2.45, 2.75) is 19.4 Å². The van der Waals surface area contributed by atoms with E-state index in [2.05, 4.69) is 0 Å². The van der Waals surface area contributed by atoms with E-state index in [1.54, 1.807) is 6.92 Å². The van der Waals surface area contributed by atoms with Gasteiger partial charge in [-0.1, -0.05) is 18.2 Å². The molecule has 1 rings (SSSR count). The van der Waals surface area contributed by atoms with E-state index < -0.39 is 6.04 Å². The quantitative estimate of drug-likeness (QED) is 0.739. The van der Waals surface area contributed by atoms with Gasteiger partial charge in [-0.25, -0.2) is 0 Å². The maximum absolute atomic E-state index is 11.2. The standard InChI is InChI=1S/C12H17NO3/c1-2-15-12(14)11(13)8-9-16-10-6-4-3-5-7-10/h3-7,11H,2,8-9,13H2,1H3. The summed E-state index contributed by atoms with van der Waals surface area (Å²) in [6.07, 6.45) is 0.452. The maximum Gasteiger partial charge on any atom is 0.323 e. The number of hydrogen-bond donors (Lipinski definition) is 1. The lowest BCUT2D eigenvalue weighted by Gasteiger charge is -2.11. The molecule has 0 saturated carbocycles. The number of benzene rings is 1. The van der Waals surface area contributed by atoms with Crippen LogP contribution in [0.2, 0.25) is 0 Å². The number of carbonyl (C=O) groups is 1. The van der Waals surface area contributed by atoms with Crippen molar-refractivity contribution in [1.29, 1.82) is 0 Å². The van der Waals surface area contributed by atoms with Crippen molar-refractivity contribution in [2.24, 2.45) is 5.73 Å². The minimum Gasteiger partial charge on any atom is -0.494 e. The molecule has 0 spiro atoms. The van der Waals surface area contributed by atoms with Gasteiger partial charge in [0.15, 0.2) is 0 Å². The van der Waals surface area contributed by atoms with E-state index in [-0.39, 0.29) is 5.97 Å². The Morgan fingerprint density at radius 1 is 1.38 bits per heavy atom. The highest BCUT2D eigenvalue weighted by atomic mass is 16.5. The summed E-state index contributed by atoms with van der Waals surface area (Å²) in [7, 11) is 0. The van der Waals surface area contributed by atoms with Gasteiger partial charge < -0.3 is 15.2 Å². The molecule has 88 valence electrons. The van der Waals surface area contributed by atoms with Crippen LogP contribution in [0.15, 0.2) is 30.3 Å². The Balaban J connectivity index is 2.23. The molecule has 0 aliphatic rings. The topological polar surface area (TPSA) is 61.5 Å². The number of nitrogens with two attached hydrogens (primary N) is 1. The average molecular weight is 223 g/mol. The molecule has 0 aromatic heterocycles. The molecule has 0 heterocycles. The third-order valence-corrected chi connectivity index (χ3v) is 2.03. The fraction of sp³-hybridized carbons (Fsp3) is 0.417. The third kappa shape index (κ3) is 4.31. The van der Waals surface area contributed by atoms with Crippen LogP contribution < -0.4 is 10.5 Å². The Labute approximate surface area is 95.3 Å². The second-order valence-corrected chi connectivity index (χ2v) is 3.31. The lowest BCUT2D eigenvalue weighted by atomic mass is 10.2. The number of hydrogen-bond acceptors (Lipinski definition) is 4. The van der Waals surface area contributed by atoms with E-state index in [9.17, 15) is 4.79 Å². The van der Waals surface area contributed by atoms with E-state index in [0.717, 1.165) is 5.75 Å². The van der Waals surface area contributed by atoms with E-state index in [1.165, 1.54) is 0 Å². The van der Waals surface area contributed by atoms with Crippen molar-refractivity contribution in [3.63, 3.8) is 0 Å². The van der Waals surface area contributed by atoms with Gasteiger partial charge in [-0.15, -0.1) is 0 Å². The molecule has 1 aromatic carbocycles. The highest BCUT2D eigenvalue weighted by Crippen LogP contribution is 2.08. The molecule has 0 aliphatic heterocycles. The second kappa shape index (κ2) is 6.85. The van der Waals surface area contributed by atoms with E-state index in [0.29, 0.717) is 19.6 Å². The van der Waals surface area contributed by atoms with Gasteiger partial charge in [-0.05, 0) is 19.1 Å². The Kier molecular flexibility index (Phi) is 5.36. The predicted octanol–water partition coefficient (Wildman–Crippen LogP) is 1.35. The van der Waals surface area contributed by atoms with Crippen molar-refractivity contribution in [1.82, 2.24) is 0 Å². The summed E-state index contributed by atoms with van der Waals surface area (Å²) < 4.78 is 10.2. The molecule has 16 heavy (non-hydrogen) atoms. The molecular formula is C12H17NO3. The highest BCUT2D eigenvalue weighted by Gasteiger charge is 2.13. The van der Waals surface area contributed by atoms with Crippen molar-refractivity contribution >= 4 is 5.97 Å². The molecule has 1 atom stereocenters. The second-order valence-electron chi connectivity index (χ2n) is 3.31. The summed E-state index contributed by atoms with van der Waals surface area (Å²) in [6.45, 7) is 2.52. The zero-order valence-corrected chi connectivity index (χ0v) is 9.39. The number of carbonyl (C=O) groups excluding carboxylic acids is 1. The first-order chi connectivity index (χ1) is 7.74. The van der Waals surface area contributed by atoms with E-state index in [1.807, 2.05) is 30.3 Å². The Morgan fingerprint density at radius 2 is 2.06 bits per heavy atom. The zero-order chi connectivity index (χ0) is 11.8. The smallest absolute Gasteiger partial charge is 0.323 e. The minimum absolute atomic E-state index is 0.353. The van der Waals surface area contributed by atoms with Crippen molar-refractivity contribution in [3.8, 4) is 5.75 Å². The summed E-state index contributed by atoms with van der Waals surface area (Å²) in [5.41, 5.74) is 5.61. The van der Waals surface area contributed by atoms with Gasteiger partial charge in [0.1, 0.15) is 11.8 Å². The summed E-state index contributed by atoms with van der Waals surface area (Å²) in [5.74, 6) is 0.401. The van der Waals surface area contributed by atoms with Gasteiger partial charge in [-0.2, -0.15) is 0 Å². The van der Waals surface area contributed by atoms with Crippen LogP contribution in [-0.2, 0) is 9.53 Å². The molecule has 4 nitrogen and oxygen atoms in total.